The molecule has 4 rings (SSSR count). The maximum atomic E-state index is 13.0. The molecule has 1 aliphatic carbocycles. The van der Waals surface area contributed by atoms with Crippen molar-refractivity contribution in [2.75, 3.05) is 0 Å². The van der Waals surface area contributed by atoms with Crippen LogP contribution in [0.25, 0.3) is 0 Å². The number of halogens is 2. The number of carboxylic acid groups (broad SMARTS) is 2. The zero-order chi connectivity index (χ0) is 25.3. The van der Waals surface area contributed by atoms with E-state index in [-0.39, 0.29) is 17.4 Å². The fraction of sp³-hybridized carbons (Fsp3) is 0.417. The van der Waals surface area contributed by atoms with Gasteiger partial charge in [0.15, 0.2) is 5.25 Å². The highest BCUT2D eigenvalue weighted by Gasteiger charge is 2.62. The Hall–Kier alpha value is -2.33. The van der Waals surface area contributed by atoms with Crippen LogP contribution < -0.4 is 4.74 Å². The van der Waals surface area contributed by atoms with Crippen LogP contribution in [0.3, 0.4) is 0 Å². The SMILES string of the molecule is O=C(O)[C@H](CC1CCCCC1)N1[C@@H](c2cccc(Oc3ccc(Cl)c(Cl)c3)c2)[C@H](C(=O)O)S1(=O)=O. The van der Waals surface area contributed by atoms with E-state index in [1.54, 1.807) is 30.3 Å². The highest BCUT2D eigenvalue weighted by Crippen LogP contribution is 2.46. The van der Waals surface area contributed by atoms with Crippen molar-refractivity contribution in [1.29, 1.82) is 0 Å². The van der Waals surface area contributed by atoms with Crippen molar-refractivity contribution in [1.82, 2.24) is 4.31 Å². The molecule has 35 heavy (non-hydrogen) atoms. The number of carboxylic acids is 2. The van der Waals surface area contributed by atoms with Gasteiger partial charge in [0.05, 0.1) is 16.1 Å². The molecule has 3 atom stereocenters. The van der Waals surface area contributed by atoms with Gasteiger partial charge >= 0.3 is 11.9 Å². The Bertz CT molecular complexity index is 1230. The molecule has 188 valence electrons. The van der Waals surface area contributed by atoms with Gasteiger partial charge in [-0.3, -0.25) is 9.59 Å². The number of hydrogen-bond donors (Lipinski definition) is 2. The molecule has 0 spiro atoms. The first kappa shape index (κ1) is 25.8. The van der Waals surface area contributed by atoms with Crippen LogP contribution in [0.2, 0.25) is 10.0 Å². The van der Waals surface area contributed by atoms with Gasteiger partial charge in [0.25, 0.3) is 0 Å². The molecular formula is C24H25Cl2NO7S. The summed E-state index contributed by atoms with van der Waals surface area (Å²) in [5, 5.41) is 18.5. The maximum Gasteiger partial charge on any atom is 0.325 e. The molecule has 8 nitrogen and oxygen atoms in total. The van der Waals surface area contributed by atoms with Crippen molar-refractivity contribution in [2.24, 2.45) is 5.92 Å². The second-order valence-electron chi connectivity index (χ2n) is 8.92. The van der Waals surface area contributed by atoms with E-state index in [0.29, 0.717) is 22.1 Å². The first-order valence-corrected chi connectivity index (χ1v) is 13.6. The lowest BCUT2D eigenvalue weighted by molar-refractivity contribution is -0.146. The molecule has 0 unspecified atom stereocenters. The van der Waals surface area contributed by atoms with Gasteiger partial charge in [-0.25, -0.2) is 8.42 Å². The summed E-state index contributed by atoms with van der Waals surface area (Å²) in [6.07, 6.45) is 4.83. The van der Waals surface area contributed by atoms with Crippen molar-refractivity contribution in [3.05, 3.63) is 58.1 Å². The van der Waals surface area contributed by atoms with E-state index in [1.165, 1.54) is 12.1 Å². The number of hydrogen-bond acceptors (Lipinski definition) is 5. The largest absolute Gasteiger partial charge is 0.480 e. The van der Waals surface area contributed by atoms with Crippen LogP contribution in [0.4, 0.5) is 0 Å². The van der Waals surface area contributed by atoms with Gasteiger partial charge in [0.2, 0.25) is 10.0 Å². The Morgan fingerprint density at radius 2 is 1.69 bits per heavy atom. The van der Waals surface area contributed by atoms with Crippen LogP contribution in [-0.2, 0) is 19.6 Å². The minimum absolute atomic E-state index is 0.0777. The van der Waals surface area contributed by atoms with Crippen molar-refractivity contribution in [3.8, 4) is 11.5 Å². The molecule has 0 aromatic heterocycles. The first-order chi connectivity index (χ1) is 16.6. The predicted molar refractivity (Wildman–Crippen MR) is 131 cm³/mol. The average Bonchev–Trinajstić information content (AvgIpc) is 2.80. The monoisotopic (exact) mass is 541 g/mol. The first-order valence-electron chi connectivity index (χ1n) is 11.3. The average molecular weight is 542 g/mol. The summed E-state index contributed by atoms with van der Waals surface area (Å²) in [5.74, 6) is -2.03. The molecule has 2 aromatic carbocycles. The highest BCUT2D eigenvalue weighted by molar-refractivity contribution is 7.92. The van der Waals surface area contributed by atoms with E-state index in [4.69, 9.17) is 27.9 Å². The lowest BCUT2D eigenvalue weighted by Crippen LogP contribution is -2.66. The third kappa shape index (κ3) is 5.28. The van der Waals surface area contributed by atoms with Crippen molar-refractivity contribution >= 4 is 45.2 Å². The van der Waals surface area contributed by atoms with E-state index in [2.05, 4.69) is 0 Å². The quantitative estimate of drug-likeness (QED) is 0.461. The van der Waals surface area contributed by atoms with Gasteiger partial charge in [-0.1, -0.05) is 67.4 Å². The minimum atomic E-state index is -4.36. The maximum absolute atomic E-state index is 13.0. The normalized spacial score (nSPS) is 23.3. The second-order valence-corrected chi connectivity index (χ2v) is 11.7. The fourth-order valence-corrected chi connectivity index (χ4v) is 7.29. The molecule has 1 saturated carbocycles. The summed E-state index contributed by atoms with van der Waals surface area (Å²) in [5.41, 5.74) is 0.333. The minimum Gasteiger partial charge on any atom is -0.480 e. The van der Waals surface area contributed by atoms with Gasteiger partial charge in [0, 0.05) is 6.07 Å². The molecule has 11 heteroatoms. The number of aliphatic carboxylic acids is 2. The Morgan fingerprint density at radius 3 is 2.31 bits per heavy atom. The van der Waals surface area contributed by atoms with Crippen LogP contribution in [-0.4, -0.2) is 46.2 Å². The highest BCUT2D eigenvalue weighted by atomic mass is 35.5. The summed E-state index contributed by atoms with van der Waals surface area (Å²) in [6.45, 7) is 0. The number of benzene rings is 2. The van der Waals surface area contributed by atoms with Gasteiger partial charge in [0.1, 0.15) is 17.5 Å². The number of nitrogens with zero attached hydrogens (tertiary/aromatic N) is 1. The molecule has 2 aliphatic rings. The zero-order valence-electron chi connectivity index (χ0n) is 18.6. The number of sulfonamides is 1. The topological polar surface area (TPSA) is 121 Å². The summed E-state index contributed by atoms with van der Waals surface area (Å²) in [6, 6.07) is 8.48. The van der Waals surface area contributed by atoms with Gasteiger partial charge in [-0.2, -0.15) is 4.31 Å². The van der Waals surface area contributed by atoms with E-state index in [0.717, 1.165) is 36.4 Å². The van der Waals surface area contributed by atoms with E-state index in [1.807, 2.05) is 0 Å². The lowest BCUT2D eigenvalue weighted by atomic mass is 9.84. The molecule has 1 heterocycles. The molecule has 0 radical (unpaired) electrons. The third-order valence-electron chi connectivity index (χ3n) is 6.62. The summed E-state index contributed by atoms with van der Waals surface area (Å²) in [4.78, 5) is 24.2. The zero-order valence-corrected chi connectivity index (χ0v) is 21.0. The van der Waals surface area contributed by atoms with Crippen LogP contribution in [0.1, 0.15) is 50.1 Å². The molecule has 0 amide bonds. The molecule has 2 N–H and O–H groups in total. The van der Waals surface area contributed by atoms with Crippen LogP contribution in [0.15, 0.2) is 42.5 Å². The second kappa shape index (κ2) is 10.3. The molecule has 1 aliphatic heterocycles. The van der Waals surface area contributed by atoms with Crippen molar-refractivity contribution < 1.29 is 33.0 Å². The van der Waals surface area contributed by atoms with Crippen molar-refractivity contribution in [3.63, 3.8) is 0 Å². The molecular weight excluding hydrogens is 517 g/mol. The number of rotatable bonds is 8. The summed E-state index contributed by atoms with van der Waals surface area (Å²) in [7, 11) is -4.36. The molecule has 2 aromatic rings. The molecule has 0 bridgehead atoms. The molecule has 1 saturated heterocycles. The fourth-order valence-electron chi connectivity index (χ4n) is 4.97. The number of ether oxygens (including phenoxy) is 1. The summed E-state index contributed by atoms with van der Waals surface area (Å²) >= 11 is 12.0. The summed E-state index contributed by atoms with van der Waals surface area (Å²) < 4.78 is 32.7. The number of carbonyl (C=O) groups is 2. The van der Waals surface area contributed by atoms with E-state index >= 15 is 0 Å². The van der Waals surface area contributed by atoms with Gasteiger partial charge in [-0.15, -0.1) is 0 Å². The van der Waals surface area contributed by atoms with Gasteiger partial charge < -0.3 is 14.9 Å². The van der Waals surface area contributed by atoms with Crippen LogP contribution in [0, 0.1) is 5.92 Å². The van der Waals surface area contributed by atoms with Crippen LogP contribution >= 0.6 is 23.2 Å². The van der Waals surface area contributed by atoms with Gasteiger partial charge in [-0.05, 0) is 42.2 Å². The Kier molecular flexibility index (Phi) is 7.61. The lowest BCUT2D eigenvalue weighted by Gasteiger charge is -2.48. The van der Waals surface area contributed by atoms with E-state index < -0.39 is 39.3 Å². The Balaban J connectivity index is 1.66. The Labute approximate surface area is 213 Å². The van der Waals surface area contributed by atoms with E-state index in [9.17, 15) is 28.2 Å². The van der Waals surface area contributed by atoms with Crippen LogP contribution in [0.5, 0.6) is 11.5 Å². The third-order valence-corrected chi connectivity index (χ3v) is 9.53. The van der Waals surface area contributed by atoms with Crippen molar-refractivity contribution in [2.45, 2.75) is 55.9 Å². The predicted octanol–water partition coefficient (Wildman–Crippen LogP) is 5.35. The standard InChI is InChI=1S/C24H25Cl2NO7S/c25-18-10-9-17(13-19(18)26)34-16-8-4-7-15(12-16)21-22(24(30)31)35(32,33)27(21)20(23(28)29)11-14-5-2-1-3-6-14/h4,7-10,12-14,20-22H,1-3,5-6,11H2,(H,28,29)(H,30,31)/t20-,21-,22+/m0/s1. The Morgan fingerprint density at radius 1 is 1.00 bits per heavy atom. The smallest absolute Gasteiger partial charge is 0.325 e. The molecule has 2 fully saturated rings.